The van der Waals surface area contributed by atoms with E-state index in [4.69, 9.17) is 16.3 Å². The zero-order valence-electron chi connectivity index (χ0n) is 15.5. The van der Waals surface area contributed by atoms with Crippen molar-refractivity contribution >= 4 is 51.1 Å². The van der Waals surface area contributed by atoms with E-state index in [1.165, 1.54) is 11.9 Å². The molecule has 0 saturated carbocycles. The first kappa shape index (κ1) is 20.7. The highest BCUT2D eigenvalue weighted by Gasteiger charge is 2.22. The first-order chi connectivity index (χ1) is 13.4. The van der Waals surface area contributed by atoms with Crippen LogP contribution in [0.25, 0.3) is 0 Å². The van der Waals surface area contributed by atoms with E-state index in [1.54, 1.807) is 13.2 Å². The monoisotopic (exact) mass is 476 g/mol. The molecule has 0 atom stereocenters. The van der Waals surface area contributed by atoms with E-state index in [0.29, 0.717) is 22.2 Å². The summed E-state index contributed by atoms with van der Waals surface area (Å²) < 4.78 is 9.05. The van der Waals surface area contributed by atoms with E-state index in [9.17, 15) is 4.79 Å². The fourth-order valence-corrected chi connectivity index (χ4v) is 4.23. The number of aryl methyl sites for hydroxylation is 1. The molecule has 1 aliphatic heterocycles. The summed E-state index contributed by atoms with van der Waals surface area (Å²) in [6.45, 7) is 3.88. The van der Waals surface area contributed by atoms with E-state index in [2.05, 4.69) is 25.6 Å². The van der Waals surface area contributed by atoms with Crippen LogP contribution in [0.2, 0.25) is 5.02 Å². The second-order valence-electron chi connectivity index (χ2n) is 6.00. The molecule has 0 radical (unpaired) electrons. The van der Waals surface area contributed by atoms with Crippen LogP contribution in [-0.4, -0.2) is 18.7 Å². The maximum atomic E-state index is 12.7. The topological polar surface area (TPSA) is 50.7 Å². The summed E-state index contributed by atoms with van der Waals surface area (Å²) in [5.41, 5.74) is 3.73. The molecule has 1 aliphatic rings. The minimum Gasteiger partial charge on any atom is -0.496 e. The van der Waals surface area contributed by atoms with Gasteiger partial charge in [-0.15, -0.1) is 0 Å². The minimum absolute atomic E-state index is 0.271. The Hall–Kier alpha value is -2.02. The van der Waals surface area contributed by atoms with Gasteiger partial charge in [0.25, 0.3) is 5.91 Å². The standard InChI is InChI=1S/C21H18BrClN2O2S/c1-4-13-10-17(24-20(13)14-7-5-6-8-16(14)23)21(26)25-28-19-11-18(27-3)15(22)9-12(19)2/h4-11H,1-3H3,(H,25,26)/b13-4+. The lowest BCUT2D eigenvalue weighted by Gasteiger charge is -2.10. The van der Waals surface area contributed by atoms with E-state index < -0.39 is 0 Å². The second kappa shape index (κ2) is 8.99. The minimum atomic E-state index is -0.271. The van der Waals surface area contributed by atoms with Gasteiger partial charge in [-0.2, -0.15) is 0 Å². The number of amides is 1. The van der Waals surface area contributed by atoms with E-state index in [0.717, 1.165) is 26.1 Å². The molecule has 4 nitrogen and oxygen atoms in total. The molecule has 0 spiro atoms. The number of benzene rings is 2. The molecule has 0 aliphatic carbocycles. The Balaban J connectivity index is 1.79. The summed E-state index contributed by atoms with van der Waals surface area (Å²) in [4.78, 5) is 18.1. The highest BCUT2D eigenvalue weighted by molar-refractivity contribution is 9.10. The average Bonchev–Trinajstić information content (AvgIpc) is 3.12. The summed E-state index contributed by atoms with van der Waals surface area (Å²) in [5, 5.41) is 0.600. The number of methoxy groups -OCH3 is 1. The number of rotatable bonds is 5. The van der Waals surface area contributed by atoms with Gasteiger partial charge in [0.15, 0.2) is 0 Å². The van der Waals surface area contributed by atoms with Gasteiger partial charge >= 0.3 is 0 Å². The molecule has 0 fully saturated rings. The lowest BCUT2D eigenvalue weighted by Crippen LogP contribution is -2.16. The molecular weight excluding hydrogens is 460 g/mol. The van der Waals surface area contributed by atoms with Crippen molar-refractivity contribution in [3.05, 3.63) is 80.4 Å². The van der Waals surface area contributed by atoms with Gasteiger partial charge in [-0.3, -0.25) is 9.52 Å². The molecule has 7 heteroatoms. The summed E-state index contributed by atoms with van der Waals surface area (Å²) in [6, 6.07) is 11.3. The number of hydrogen-bond donors (Lipinski definition) is 1. The van der Waals surface area contributed by atoms with Gasteiger partial charge in [0, 0.05) is 15.5 Å². The molecule has 0 saturated heterocycles. The number of hydrogen-bond acceptors (Lipinski definition) is 4. The van der Waals surface area contributed by atoms with Gasteiger partial charge in [0.2, 0.25) is 0 Å². The maximum absolute atomic E-state index is 12.7. The molecule has 3 rings (SSSR count). The first-order valence-corrected chi connectivity index (χ1v) is 10.5. The third kappa shape index (κ3) is 4.35. The van der Waals surface area contributed by atoms with Gasteiger partial charge < -0.3 is 4.74 Å². The molecule has 2 aromatic rings. The van der Waals surface area contributed by atoms with Crippen LogP contribution in [0, 0.1) is 6.92 Å². The highest BCUT2D eigenvalue weighted by atomic mass is 79.9. The van der Waals surface area contributed by atoms with Gasteiger partial charge in [-0.1, -0.05) is 35.9 Å². The smallest absolute Gasteiger partial charge is 0.280 e. The average molecular weight is 478 g/mol. The van der Waals surface area contributed by atoms with Crippen LogP contribution in [-0.2, 0) is 4.79 Å². The van der Waals surface area contributed by atoms with Crippen LogP contribution < -0.4 is 9.46 Å². The second-order valence-corrected chi connectivity index (χ2v) is 8.11. The Kier molecular flexibility index (Phi) is 6.65. The number of halogens is 2. The van der Waals surface area contributed by atoms with Gasteiger partial charge in [0.05, 0.1) is 17.3 Å². The molecule has 1 amide bonds. The maximum Gasteiger partial charge on any atom is 0.280 e. The van der Waals surface area contributed by atoms with Crippen LogP contribution >= 0.6 is 39.5 Å². The van der Waals surface area contributed by atoms with Crippen molar-refractivity contribution in [3.63, 3.8) is 0 Å². The summed E-state index contributed by atoms with van der Waals surface area (Å²) >= 11 is 11.0. The zero-order valence-corrected chi connectivity index (χ0v) is 18.7. The molecule has 0 unspecified atom stereocenters. The van der Waals surface area contributed by atoms with Crippen LogP contribution in [0.15, 0.2) is 74.2 Å². The first-order valence-electron chi connectivity index (χ1n) is 8.48. The van der Waals surface area contributed by atoms with E-state index in [-0.39, 0.29) is 5.91 Å². The summed E-state index contributed by atoms with van der Waals surface area (Å²) in [7, 11) is 1.61. The predicted molar refractivity (Wildman–Crippen MR) is 119 cm³/mol. The normalized spacial score (nSPS) is 14.7. The fraction of sp³-hybridized carbons (Fsp3) is 0.143. The summed E-state index contributed by atoms with van der Waals surface area (Å²) in [6.07, 6.45) is 3.68. The van der Waals surface area contributed by atoms with Crippen LogP contribution in [0.1, 0.15) is 18.1 Å². The van der Waals surface area contributed by atoms with E-state index in [1.807, 2.05) is 56.3 Å². The molecule has 144 valence electrons. The number of carbonyl (C=O) groups is 1. The number of allylic oxidation sites excluding steroid dienone is 3. The van der Waals surface area contributed by atoms with Crippen molar-refractivity contribution in [2.45, 2.75) is 18.7 Å². The Morgan fingerprint density at radius 1 is 1.32 bits per heavy atom. The van der Waals surface area contributed by atoms with Crippen LogP contribution in [0.4, 0.5) is 0 Å². The predicted octanol–water partition coefficient (Wildman–Crippen LogP) is 5.88. The molecule has 1 heterocycles. The largest absolute Gasteiger partial charge is 0.496 e. The van der Waals surface area contributed by atoms with Crippen molar-refractivity contribution in [3.8, 4) is 5.75 Å². The lowest BCUT2D eigenvalue weighted by molar-refractivity contribution is -0.115. The molecule has 1 N–H and O–H groups in total. The number of carbonyl (C=O) groups excluding carboxylic acids is 1. The van der Waals surface area contributed by atoms with Crippen molar-refractivity contribution < 1.29 is 9.53 Å². The number of ether oxygens (including phenoxy) is 1. The Labute approximate surface area is 182 Å². The van der Waals surface area contributed by atoms with Crippen molar-refractivity contribution in [1.29, 1.82) is 0 Å². The van der Waals surface area contributed by atoms with Gasteiger partial charge in [0.1, 0.15) is 11.4 Å². The Morgan fingerprint density at radius 3 is 2.75 bits per heavy atom. The van der Waals surface area contributed by atoms with Crippen molar-refractivity contribution in [2.24, 2.45) is 4.99 Å². The lowest BCUT2D eigenvalue weighted by atomic mass is 10.0. The van der Waals surface area contributed by atoms with Crippen LogP contribution in [0.3, 0.4) is 0 Å². The zero-order chi connectivity index (χ0) is 20.3. The number of nitrogens with one attached hydrogen (secondary N) is 1. The highest BCUT2D eigenvalue weighted by Crippen LogP contribution is 2.33. The molecule has 0 bridgehead atoms. The van der Waals surface area contributed by atoms with E-state index >= 15 is 0 Å². The molecule has 0 aromatic heterocycles. The molecule has 28 heavy (non-hydrogen) atoms. The quantitative estimate of drug-likeness (QED) is 0.547. The number of aliphatic imine (C=N–C) groups is 1. The van der Waals surface area contributed by atoms with Gasteiger partial charge in [-0.05, 0) is 77.1 Å². The molecular formula is C21H18BrClN2O2S. The Morgan fingerprint density at radius 2 is 2.07 bits per heavy atom. The van der Waals surface area contributed by atoms with Gasteiger partial charge in [-0.25, -0.2) is 4.99 Å². The Bertz CT molecular complexity index is 1030. The SMILES string of the molecule is C/C=C1\C=C(C(=O)NSc2cc(OC)c(Br)cc2C)N=C1c1ccccc1Cl. The van der Waals surface area contributed by atoms with Crippen molar-refractivity contribution in [2.75, 3.05) is 7.11 Å². The molecule has 2 aromatic carbocycles. The van der Waals surface area contributed by atoms with Crippen molar-refractivity contribution in [1.82, 2.24) is 4.72 Å². The fourth-order valence-electron chi connectivity index (χ4n) is 2.69. The summed E-state index contributed by atoms with van der Waals surface area (Å²) in [5.74, 6) is 0.436. The third-order valence-corrected chi connectivity index (χ3v) is 6.07. The number of nitrogens with zero attached hydrogens (tertiary/aromatic N) is 1. The van der Waals surface area contributed by atoms with Crippen LogP contribution in [0.5, 0.6) is 5.75 Å². The third-order valence-electron chi connectivity index (χ3n) is 4.17.